The number of aromatic nitrogens is 1. The van der Waals surface area contributed by atoms with E-state index in [1.165, 1.54) is 4.88 Å². The molecular weight excluding hydrogens is 338 g/mol. The summed E-state index contributed by atoms with van der Waals surface area (Å²) in [6.07, 6.45) is 4.71. The number of nitrogens with zero attached hydrogens (tertiary/aromatic N) is 1. The zero-order chi connectivity index (χ0) is 14.8. The molecule has 0 saturated carbocycles. The predicted molar refractivity (Wildman–Crippen MR) is 95.5 cm³/mol. The van der Waals surface area contributed by atoms with Gasteiger partial charge in [-0.2, -0.15) is 0 Å². The van der Waals surface area contributed by atoms with Crippen LogP contribution in [0.25, 0.3) is 0 Å². The van der Waals surface area contributed by atoms with Crippen molar-refractivity contribution in [3.63, 3.8) is 0 Å². The number of rotatable bonds is 3. The molecule has 0 spiro atoms. The van der Waals surface area contributed by atoms with Gasteiger partial charge in [-0.15, -0.1) is 35.5 Å². The Morgan fingerprint density at radius 3 is 3.00 bits per heavy atom. The minimum absolute atomic E-state index is 0. The maximum atomic E-state index is 12.4. The van der Waals surface area contributed by atoms with Crippen molar-refractivity contribution in [1.82, 2.24) is 4.98 Å². The van der Waals surface area contributed by atoms with Crippen LogP contribution in [0.4, 0.5) is 5.13 Å². The third-order valence-electron chi connectivity index (χ3n) is 3.55. The van der Waals surface area contributed by atoms with Crippen LogP contribution in [0.2, 0.25) is 0 Å². The number of nitrogens with two attached hydrogens (primary N) is 1. The Balaban J connectivity index is 0.00000176. The van der Waals surface area contributed by atoms with Gasteiger partial charge in [0.15, 0.2) is 5.13 Å². The van der Waals surface area contributed by atoms with Crippen molar-refractivity contribution >= 4 is 46.5 Å². The van der Waals surface area contributed by atoms with E-state index >= 15 is 0 Å². The average Bonchev–Trinajstić information content (AvgIpc) is 2.88. The molecule has 0 aliphatic heterocycles. The van der Waals surface area contributed by atoms with Crippen molar-refractivity contribution in [2.45, 2.75) is 30.2 Å². The highest BCUT2D eigenvalue weighted by atomic mass is 35.5. The summed E-state index contributed by atoms with van der Waals surface area (Å²) in [6.45, 7) is 0. The Morgan fingerprint density at radius 2 is 2.23 bits per heavy atom. The van der Waals surface area contributed by atoms with E-state index in [0.717, 1.165) is 29.9 Å². The Kier molecular flexibility index (Phi) is 5.86. The summed E-state index contributed by atoms with van der Waals surface area (Å²) >= 11 is 3.11. The van der Waals surface area contributed by atoms with Crippen molar-refractivity contribution in [1.29, 1.82) is 0 Å². The second-order valence-corrected chi connectivity index (χ2v) is 6.98. The zero-order valence-corrected chi connectivity index (χ0v) is 14.6. The standard InChI is InChI=1S/C15H17N3OS2.ClH/c1-20-12-5-3-2-4-10(12)14(19)18-15-17-11-7-6-9(16)8-13(11)21-15;/h2-5,9H,6-8,16H2,1H3,(H,17,18,19);1H/t9-;/m0./s1. The molecule has 1 aliphatic carbocycles. The fourth-order valence-electron chi connectivity index (χ4n) is 2.45. The van der Waals surface area contributed by atoms with E-state index in [4.69, 9.17) is 5.73 Å². The van der Waals surface area contributed by atoms with Crippen LogP contribution in [0.1, 0.15) is 27.3 Å². The molecule has 3 rings (SSSR count). The van der Waals surface area contributed by atoms with Crippen LogP contribution in [0.3, 0.4) is 0 Å². The van der Waals surface area contributed by atoms with E-state index in [9.17, 15) is 4.79 Å². The highest BCUT2D eigenvalue weighted by molar-refractivity contribution is 7.98. The summed E-state index contributed by atoms with van der Waals surface area (Å²) in [5, 5.41) is 3.60. The number of nitrogens with one attached hydrogen (secondary N) is 1. The molecule has 2 aromatic rings. The monoisotopic (exact) mass is 355 g/mol. The summed E-state index contributed by atoms with van der Waals surface area (Å²) < 4.78 is 0. The van der Waals surface area contributed by atoms with Crippen LogP contribution < -0.4 is 11.1 Å². The Hall–Kier alpha value is -1.08. The molecule has 22 heavy (non-hydrogen) atoms. The molecule has 0 unspecified atom stereocenters. The predicted octanol–water partition coefficient (Wildman–Crippen LogP) is 3.36. The lowest BCUT2D eigenvalue weighted by molar-refractivity contribution is 0.102. The van der Waals surface area contributed by atoms with Crippen LogP contribution in [-0.2, 0) is 12.8 Å². The van der Waals surface area contributed by atoms with Gasteiger partial charge in [-0.25, -0.2) is 4.98 Å². The lowest BCUT2D eigenvalue weighted by Crippen LogP contribution is -2.27. The molecule has 1 heterocycles. The van der Waals surface area contributed by atoms with Crippen molar-refractivity contribution in [3.8, 4) is 0 Å². The van der Waals surface area contributed by atoms with Crippen molar-refractivity contribution in [2.75, 3.05) is 11.6 Å². The lowest BCUT2D eigenvalue weighted by Gasteiger charge is -2.15. The van der Waals surface area contributed by atoms with Gasteiger partial charge in [0.05, 0.1) is 11.3 Å². The molecule has 3 N–H and O–H groups in total. The summed E-state index contributed by atoms with van der Waals surface area (Å²) in [5.74, 6) is -0.102. The van der Waals surface area contributed by atoms with Crippen LogP contribution in [0.5, 0.6) is 0 Å². The average molecular weight is 356 g/mol. The van der Waals surface area contributed by atoms with E-state index in [1.54, 1.807) is 23.1 Å². The number of carbonyl (C=O) groups excluding carboxylic acids is 1. The maximum Gasteiger partial charge on any atom is 0.258 e. The largest absolute Gasteiger partial charge is 0.327 e. The fourth-order valence-corrected chi connectivity index (χ4v) is 4.14. The molecule has 7 heteroatoms. The van der Waals surface area contributed by atoms with E-state index < -0.39 is 0 Å². The molecule has 0 fully saturated rings. The SMILES string of the molecule is CSc1ccccc1C(=O)Nc1nc2c(s1)C[C@@H](N)CC2.Cl. The summed E-state index contributed by atoms with van der Waals surface area (Å²) in [6, 6.07) is 7.82. The number of aryl methyl sites for hydroxylation is 1. The molecule has 0 saturated heterocycles. The van der Waals surface area contributed by atoms with Gasteiger partial charge in [-0.1, -0.05) is 12.1 Å². The number of thioether (sulfide) groups is 1. The van der Waals surface area contributed by atoms with E-state index in [0.29, 0.717) is 10.7 Å². The first kappa shape index (κ1) is 17.3. The number of fused-ring (bicyclic) bond motifs is 1. The van der Waals surface area contributed by atoms with E-state index in [2.05, 4.69) is 10.3 Å². The highest BCUT2D eigenvalue weighted by Crippen LogP contribution is 2.30. The Morgan fingerprint density at radius 1 is 1.45 bits per heavy atom. The van der Waals surface area contributed by atoms with Gasteiger partial charge in [0.2, 0.25) is 0 Å². The first-order valence-electron chi connectivity index (χ1n) is 6.86. The molecule has 4 nitrogen and oxygen atoms in total. The second kappa shape index (κ2) is 7.46. The van der Waals surface area contributed by atoms with Gasteiger partial charge in [0.1, 0.15) is 0 Å². The van der Waals surface area contributed by atoms with Crippen molar-refractivity contribution in [3.05, 3.63) is 40.4 Å². The van der Waals surface area contributed by atoms with Gasteiger partial charge in [-0.05, 0) is 37.7 Å². The smallest absolute Gasteiger partial charge is 0.258 e. The molecular formula is C15H18ClN3OS2. The minimum atomic E-state index is -0.102. The third-order valence-corrected chi connectivity index (χ3v) is 5.38. The zero-order valence-electron chi connectivity index (χ0n) is 12.2. The molecule has 0 radical (unpaired) electrons. The summed E-state index contributed by atoms with van der Waals surface area (Å²) in [5.41, 5.74) is 7.76. The van der Waals surface area contributed by atoms with Gasteiger partial charge < -0.3 is 5.73 Å². The number of halogens is 1. The molecule has 118 valence electrons. The molecule has 1 aromatic carbocycles. The van der Waals surface area contributed by atoms with Gasteiger partial charge >= 0.3 is 0 Å². The van der Waals surface area contributed by atoms with Gasteiger partial charge in [0, 0.05) is 15.8 Å². The third kappa shape index (κ3) is 3.63. The number of thiazole rings is 1. The van der Waals surface area contributed by atoms with Crippen LogP contribution in [-0.4, -0.2) is 23.2 Å². The van der Waals surface area contributed by atoms with Crippen molar-refractivity contribution < 1.29 is 4.79 Å². The van der Waals surface area contributed by atoms with Gasteiger partial charge in [0.25, 0.3) is 5.91 Å². The Bertz CT molecular complexity index is 675. The number of hydrogen-bond acceptors (Lipinski definition) is 5. The van der Waals surface area contributed by atoms with E-state index in [-0.39, 0.29) is 24.4 Å². The topological polar surface area (TPSA) is 68.0 Å². The normalized spacial score (nSPS) is 16.5. The second-order valence-electron chi connectivity index (χ2n) is 5.05. The minimum Gasteiger partial charge on any atom is -0.327 e. The number of benzene rings is 1. The number of carbonyl (C=O) groups is 1. The van der Waals surface area contributed by atoms with Crippen LogP contribution in [0, 0.1) is 0 Å². The molecule has 1 amide bonds. The quantitative estimate of drug-likeness (QED) is 0.828. The van der Waals surface area contributed by atoms with E-state index in [1.807, 2.05) is 30.5 Å². The lowest BCUT2D eigenvalue weighted by atomic mass is 9.99. The van der Waals surface area contributed by atoms with Crippen LogP contribution >= 0.6 is 35.5 Å². The Labute approximate surface area is 144 Å². The first-order valence-corrected chi connectivity index (χ1v) is 8.90. The number of amides is 1. The molecule has 1 atom stereocenters. The molecule has 1 aromatic heterocycles. The van der Waals surface area contributed by atoms with Crippen LogP contribution in [0.15, 0.2) is 29.2 Å². The summed E-state index contributed by atoms with van der Waals surface area (Å²) in [4.78, 5) is 19.1. The fraction of sp³-hybridized carbons (Fsp3) is 0.333. The number of anilines is 1. The molecule has 1 aliphatic rings. The summed E-state index contributed by atoms with van der Waals surface area (Å²) in [7, 11) is 0. The van der Waals surface area contributed by atoms with Gasteiger partial charge in [-0.3, -0.25) is 10.1 Å². The number of hydrogen-bond donors (Lipinski definition) is 2. The molecule has 0 bridgehead atoms. The first-order chi connectivity index (χ1) is 10.2. The highest BCUT2D eigenvalue weighted by Gasteiger charge is 2.21. The van der Waals surface area contributed by atoms with Crippen molar-refractivity contribution in [2.24, 2.45) is 5.73 Å². The maximum absolute atomic E-state index is 12.4.